The van der Waals surface area contributed by atoms with Crippen LogP contribution in [-0.2, 0) is 9.53 Å². The Kier molecular flexibility index (Phi) is 4.82. The third kappa shape index (κ3) is 2.99. The first-order chi connectivity index (χ1) is 7.54. The highest BCUT2D eigenvalue weighted by Crippen LogP contribution is 2.45. The van der Waals surface area contributed by atoms with Crippen molar-refractivity contribution in [3.05, 3.63) is 0 Å². The molecule has 0 radical (unpaired) electrons. The van der Waals surface area contributed by atoms with E-state index in [-0.39, 0.29) is 12.1 Å². The molecule has 1 saturated carbocycles. The smallest absolute Gasteiger partial charge is 0.305 e. The van der Waals surface area contributed by atoms with Crippen molar-refractivity contribution in [1.82, 2.24) is 0 Å². The zero-order chi connectivity index (χ0) is 12.2. The van der Waals surface area contributed by atoms with Gasteiger partial charge in [-0.2, -0.15) is 0 Å². The van der Waals surface area contributed by atoms with Crippen LogP contribution in [0.4, 0.5) is 0 Å². The van der Waals surface area contributed by atoms with Gasteiger partial charge in [0, 0.05) is 6.42 Å². The summed E-state index contributed by atoms with van der Waals surface area (Å²) in [7, 11) is 0. The monoisotopic (exact) mass is 226 g/mol. The van der Waals surface area contributed by atoms with Crippen LogP contribution in [-0.4, -0.2) is 12.1 Å². The van der Waals surface area contributed by atoms with Crippen LogP contribution >= 0.6 is 0 Å². The van der Waals surface area contributed by atoms with Gasteiger partial charge in [-0.1, -0.05) is 34.1 Å². The fourth-order valence-corrected chi connectivity index (χ4v) is 2.89. The van der Waals surface area contributed by atoms with Gasteiger partial charge in [-0.15, -0.1) is 0 Å². The molecule has 0 atom stereocenters. The van der Waals surface area contributed by atoms with Crippen LogP contribution in [0.3, 0.4) is 0 Å². The summed E-state index contributed by atoms with van der Waals surface area (Å²) in [5.41, 5.74) is 0.495. The lowest BCUT2D eigenvalue weighted by Gasteiger charge is -2.42. The van der Waals surface area contributed by atoms with Gasteiger partial charge in [0.05, 0.1) is 0 Å². The molecule has 0 aromatic rings. The van der Waals surface area contributed by atoms with Crippen molar-refractivity contribution < 1.29 is 9.53 Å². The normalized spacial score (nSPS) is 30.4. The summed E-state index contributed by atoms with van der Waals surface area (Å²) in [6.45, 7) is 8.79. The molecule has 94 valence electrons. The summed E-state index contributed by atoms with van der Waals surface area (Å²) < 4.78 is 5.42. The van der Waals surface area contributed by atoms with Crippen molar-refractivity contribution in [3.8, 4) is 0 Å². The Morgan fingerprint density at radius 3 is 2.25 bits per heavy atom. The first kappa shape index (κ1) is 13.5. The van der Waals surface area contributed by atoms with Crippen LogP contribution in [0.1, 0.15) is 66.2 Å². The number of carbonyl (C=O) groups is 1. The Bertz CT molecular complexity index is 225. The standard InChI is InChI=1S/C14H26O2/c1-5-13(15)16-12-7-9-14(6-2,10-8-12)11(3)4/h11-12H,5-10H2,1-4H3. The lowest BCUT2D eigenvalue weighted by atomic mass is 9.65. The summed E-state index contributed by atoms with van der Waals surface area (Å²) in [6, 6.07) is 0. The maximum atomic E-state index is 11.2. The van der Waals surface area contributed by atoms with Gasteiger partial charge in [0.15, 0.2) is 0 Å². The minimum Gasteiger partial charge on any atom is -0.462 e. The van der Waals surface area contributed by atoms with E-state index in [4.69, 9.17) is 4.74 Å². The molecule has 0 aliphatic heterocycles. The van der Waals surface area contributed by atoms with Gasteiger partial charge < -0.3 is 4.74 Å². The van der Waals surface area contributed by atoms with E-state index in [9.17, 15) is 4.79 Å². The molecule has 0 aromatic heterocycles. The van der Waals surface area contributed by atoms with Crippen molar-refractivity contribution in [1.29, 1.82) is 0 Å². The quantitative estimate of drug-likeness (QED) is 0.679. The molecule has 0 unspecified atom stereocenters. The van der Waals surface area contributed by atoms with Crippen molar-refractivity contribution in [3.63, 3.8) is 0 Å². The summed E-state index contributed by atoms with van der Waals surface area (Å²) >= 11 is 0. The highest BCUT2D eigenvalue weighted by Gasteiger charge is 2.37. The number of carbonyl (C=O) groups excluding carboxylic acids is 1. The van der Waals surface area contributed by atoms with Crippen LogP contribution in [0.15, 0.2) is 0 Å². The highest BCUT2D eigenvalue weighted by molar-refractivity contribution is 5.69. The maximum absolute atomic E-state index is 11.2. The van der Waals surface area contributed by atoms with Gasteiger partial charge in [-0.25, -0.2) is 0 Å². The molecule has 0 heterocycles. The summed E-state index contributed by atoms with van der Waals surface area (Å²) in [4.78, 5) is 11.2. The predicted molar refractivity (Wildman–Crippen MR) is 66.2 cm³/mol. The minimum atomic E-state index is -0.0430. The third-order valence-corrected chi connectivity index (χ3v) is 4.44. The average molecular weight is 226 g/mol. The Morgan fingerprint density at radius 1 is 1.31 bits per heavy atom. The topological polar surface area (TPSA) is 26.3 Å². The molecule has 16 heavy (non-hydrogen) atoms. The maximum Gasteiger partial charge on any atom is 0.305 e. The van der Waals surface area contributed by atoms with Crippen molar-refractivity contribution in [2.75, 3.05) is 0 Å². The van der Waals surface area contributed by atoms with E-state index in [1.165, 1.54) is 19.3 Å². The van der Waals surface area contributed by atoms with E-state index in [0.29, 0.717) is 11.8 Å². The molecule has 0 bridgehead atoms. The summed E-state index contributed by atoms with van der Waals surface area (Å²) in [5, 5.41) is 0. The third-order valence-electron chi connectivity index (χ3n) is 4.44. The highest BCUT2D eigenvalue weighted by atomic mass is 16.5. The number of esters is 1. The van der Waals surface area contributed by atoms with E-state index in [1.54, 1.807) is 0 Å². The molecule has 0 N–H and O–H groups in total. The number of rotatable bonds is 4. The minimum absolute atomic E-state index is 0.0430. The molecule has 1 rings (SSSR count). The number of ether oxygens (including phenoxy) is 1. The number of hydrogen-bond donors (Lipinski definition) is 0. The van der Waals surface area contributed by atoms with E-state index in [1.807, 2.05) is 6.92 Å². The fourth-order valence-electron chi connectivity index (χ4n) is 2.89. The average Bonchev–Trinajstić information content (AvgIpc) is 2.29. The second kappa shape index (κ2) is 5.70. The fraction of sp³-hybridized carbons (Fsp3) is 0.929. The molecule has 0 saturated heterocycles. The van der Waals surface area contributed by atoms with E-state index in [0.717, 1.165) is 18.8 Å². The number of hydrogen-bond acceptors (Lipinski definition) is 2. The molecule has 2 nitrogen and oxygen atoms in total. The van der Waals surface area contributed by atoms with Gasteiger partial charge in [-0.05, 0) is 37.0 Å². The SMILES string of the molecule is CCC(=O)OC1CCC(CC)(C(C)C)CC1. The van der Waals surface area contributed by atoms with Gasteiger partial charge in [0.2, 0.25) is 0 Å². The molecular formula is C14H26O2. The molecule has 0 aromatic carbocycles. The second-order valence-corrected chi connectivity index (χ2v) is 5.41. The van der Waals surface area contributed by atoms with E-state index in [2.05, 4.69) is 20.8 Å². The van der Waals surface area contributed by atoms with Crippen LogP contribution in [0.5, 0.6) is 0 Å². The summed E-state index contributed by atoms with van der Waals surface area (Å²) in [6.07, 6.45) is 6.46. The molecule has 1 aliphatic carbocycles. The van der Waals surface area contributed by atoms with Crippen molar-refractivity contribution >= 4 is 5.97 Å². The molecule has 1 aliphatic rings. The molecule has 2 heteroatoms. The van der Waals surface area contributed by atoms with Crippen LogP contribution in [0, 0.1) is 11.3 Å². The second-order valence-electron chi connectivity index (χ2n) is 5.41. The van der Waals surface area contributed by atoms with Crippen LogP contribution < -0.4 is 0 Å². The van der Waals surface area contributed by atoms with E-state index < -0.39 is 0 Å². The van der Waals surface area contributed by atoms with Crippen molar-refractivity contribution in [2.45, 2.75) is 72.3 Å². The first-order valence-corrected chi connectivity index (χ1v) is 6.73. The Labute approximate surface area is 99.8 Å². The van der Waals surface area contributed by atoms with E-state index >= 15 is 0 Å². The Hall–Kier alpha value is -0.530. The Balaban J connectivity index is 2.46. The predicted octanol–water partition coefficient (Wildman–Crippen LogP) is 3.93. The lowest BCUT2D eigenvalue weighted by molar-refractivity contribution is -0.151. The van der Waals surface area contributed by atoms with Gasteiger partial charge in [-0.3, -0.25) is 4.79 Å². The summed E-state index contributed by atoms with van der Waals surface area (Å²) in [5.74, 6) is 0.693. The van der Waals surface area contributed by atoms with Crippen LogP contribution in [0.2, 0.25) is 0 Å². The van der Waals surface area contributed by atoms with Crippen molar-refractivity contribution in [2.24, 2.45) is 11.3 Å². The lowest BCUT2D eigenvalue weighted by Crippen LogP contribution is -2.35. The molecular weight excluding hydrogens is 200 g/mol. The van der Waals surface area contributed by atoms with Gasteiger partial charge >= 0.3 is 5.97 Å². The first-order valence-electron chi connectivity index (χ1n) is 6.73. The van der Waals surface area contributed by atoms with Gasteiger partial charge in [0.1, 0.15) is 6.10 Å². The zero-order valence-electron chi connectivity index (χ0n) is 11.2. The zero-order valence-corrected chi connectivity index (χ0v) is 11.2. The largest absolute Gasteiger partial charge is 0.462 e. The Morgan fingerprint density at radius 2 is 1.88 bits per heavy atom. The molecule has 0 spiro atoms. The van der Waals surface area contributed by atoms with Crippen LogP contribution in [0.25, 0.3) is 0 Å². The molecule has 1 fully saturated rings. The van der Waals surface area contributed by atoms with Gasteiger partial charge in [0.25, 0.3) is 0 Å². The molecule has 0 amide bonds.